The van der Waals surface area contributed by atoms with E-state index < -0.39 is 0 Å². The van der Waals surface area contributed by atoms with E-state index in [9.17, 15) is 0 Å². The second kappa shape index (κ2) is 6.33. The van der Waals surface area contributed by atoms with Crippen LogP contribution in [-0.2, 0) is 13.2 Å². The summed E-state index contributed by atoms with van der Waals surface area (Å²) in [5.41, 5.74) is 0.0762. The highest BCUT2D eigenvalue weighted by Gasteiger charge is 2.10. The minimum atomic E-state index is 0.0762. The Bertz CT molecular complexity index is 540. The van der Waals surface area contributed by atoms with Crippen LogP contribution in [0.1, 0.15) is 32.3 Å². The van der Waals surface area contributed by atoms with Crippen molar-refractivity contribution in [3.63, 3.8) is 0 Å². The fourth-order valence-electron chi connectivity index (χ4n) is 1.63. The van der Waals surface area contributed by atoms with Crippen molar-refractivity contribution in [1.82, 2.24) is 5.32 Å². The van der Waals surface area contributed by atoms with Crippen LogP contribution in [0.5, 0.6) is 5.75 Å². The first-order chi connectivity index (χ1) is 9.42. The van der Waals surface area contributed by atoms with Gasteiger partial charge in [-0.2, -0.15) is 0 Å². The lowest BCUT2D eigenvalue weighted by molar-refractivity contribution is 0.263. The van der Waals surface area contributed by atoms with Gasteiger partial charge in [0.25, 0.3) is 0 Å². The van der Waals surface area contributed by atoms with Gasteiger partial charge in [-0.1, -0.05) is 11.6 Å². The monoisotopic (exact) mass is 293 g/mol. The molecule has 1 N–H and O–H groups in total. The van der Waals surface area contributed by atoms with Crippen molar-refractivity contribution in [3.05, 3.63) is 52.9 Å². The van der Waals surface area contributed by atoms with Gasteiger partial charge in [0.05, 0.1) is 6.54 Å². The third kappa shape index (κ3) is 4.91. The molecule has 108 valence electrons. The van der Waals surface area contributed by atoms with Crippen LogP contribution in [0.2, 0.25) is 5.02 Å². The number of ether oxygens (including phenoxy) is 1. The van der Waals surface area contributed by atoms with E-state index in [4.69, 9.17) is 20.8 Å². The molecule has 0 aliphatic carbocycles. The van der Waals surface area contributed by atoms with Crippen LogP contribution in [0.4, 0.5) is 0 Å². The number of benzene rings is 1. The first-order valence-electron chi connectivity index (χ1n) is 6.63. The number of hydrogen-bond donors (Lipinski definition) is 1. The number of furan rings is 1. The Morgan fingerprint density at radius 1 is 1.05 bits per heavy atom. The maximum Gasteiger partial charge on any atom is 0.146 e. The van der Waals surface area contributed by atoms with Crippen LogP contribution in [0.25, 0.3) is 0 Å². The molecule has 0 fully saturated rings. The van der Waals surface area contributed by atoms with Crippen LogP contribution in [-0.4, -0.2) is 5.54 Å². The molecule has 20 heavy (non-hydrogen) atoms. The zero-order valence-corrected chi connectivity index (χ0v) is 12.8. The molecule has 1 heterocycles. The quantitative estimate of drug-likeness (QED) is 0.887. The van der Waals surface area contributed by atoms with Gasteiger partial charge in [0.2, 0.25) is 0 Å². The molecular formula is C16H20ClNO2. The average molecular weight is 294 g/mol. The largest absolute Gasteiger partial charge is 0.486 e. The van der Waals surface area contributed by atoms with E-state index in [0.29, 0.717) is 18.2 Å². The maximum atomic E-state index is 5.82. The Kier molecular flexibility index (Phi) is 4.73. The summed E-state index contributed by atoms with van der Waals surface area (Å²) in [7, 11) is 0. The summed E-state index contributed by atoms with van der Waals surface area (Å²) >= 11 is 5.82. The third-order valence-corrected chi connectivity index (χ3v) is 2.96. The lowest BCUT2D eigenvalue weighted by Crippen LogP contribution is -2.34. The van der Waals surface area contributed by atoms with E-state index in [2.05, 4.69) is 26.1 Å². The fourth-order valence-corrected chi connectivity index (χ4v) is 1.76. The lowest BCUT2D eigenvalue weighted by atomic mass is 10.1. The zero-order chi connectivity index (χ0) is 14.6. The van der Waals surface area contributed by atoms with Crippen LogP contribution >= 0.6 is 11.6 Å². The van der Waals surface area contributed by atoms with Gasteiger partial charge < -0.3 is 14.5 Å². The van der Waals surface area contributed by atoms with Gasteiger partial charge in [0.15, 0.2) is 0 Å². The summed E-state index contributed by atoms with van der Waals surface area (Å²) in [6.07, 6.45) is 0. The van der Waals surface area contributed by atoms with Crippen molar-refractivity contribution in [1.29, 1.82) is 0 Å². The molecular weight excluding hydrogens is 274 g/mol. The van der Waals surface area contributed by atoms with E-state index in [-0.39, 0.29) is 5.54 Å². The lowest BCUT2D eigenvalue weighted by Gasteiger charge is -2.19. The molecule has 0 unspecified atom stereocenters. The molecule has 3 nitrogen and oxygen atoms in total. The molecule has 0 bridgehead atoms. The summed E-state index contributed by atoms with van der Waals surface area (Å²) in [6, 6.07) is 11.2. The maximum absolute atomic E-state index is 5.82. The van der Waals surface area contributed by atoms with E-state index in [0.717, 1.165) is 17.3 Å². The van der Waals surface area contributed by atoms with E-state index in [1.54, 1.807) is 12.1 Å². The highest BCUT2D eigenvalue weighted by molar-refractivity contribution is 6.30. The van der Waals surface area contributed by atoms with Crippen molar-refractivity contribution in [2.45, 2.75) is 39.5 Å². The minimum absolute atomic E-state index is 0.0762. The van der Waals surface area contributed by atoms with Gasteiger partial charge in [-0.05, 0) is 57.2 Å². The molecule has 0 aliphatic rings. The summed E-state index contributed by atoms with van der Waals surface area (Å²) < 4.78 is 11.3. The van der Waals surface area contributed by atoms with Crippen molar-refractivity contribution in [2.75, 3.05) is 0 Å². The van der Waals surface area contributed by atoms with E-state index >= 15 is 0 Å². The molecule has 0 atom stereocenters. The molecule has 0 saturated heterocycles. The van der Waals surface area contributed by atoms with Crippen LogP contribution in [0, 0.1) is 0 Å². The van der Waals surface area contributed by atoms with Gasteiger partial charge in [-0.3, -0.25) is 0 Å². The molecule has 0 spiro atoms. The van der Waals surface area contributed by atoms with Crippen molar-refractivity contribution < 1.29 is 9.15 Å². The second-order valence-corrected chi connectivity index (χ2v) is 6.15. The predicted octanol–water partition coefficient (Wildman–Crippen LogP) is 4.40. The normalized spacial score (nSPS) is 11.6. The Hall–Kier alpha value is -1.45. The van der Waals surface area contributed by atoms with Crippen LogP contribution < -0.4 is 10.1 Å². The molecule has 0 radical (unpaired) electrons. The zero-order valence-electron chi connectivity index (χ0n) is 12.1. The highest BCUT2D eigenvalue weighted by Crippen LogP contribution is 2.18. The first-order valence-corrected chi connectivity index (χ1v) is 7.01. The fraction of sp³-hybridized carbons (Fsp3) is 0.375. The number of halogens is 1. The number of hydrogen-bond acceptors (Lipinski definition) is 3. The Morgan fingerprint density at radius 2 is 1.70 bits per heavy atom. The standard InChI is InChI=1S/C16H20ClNO2/c1-16(2,3)18-10-14-8-9-15(20-14)11-19-13-6-4-12(17)5-7-13/h4-9,18H,10-11H2,1-3H3. The number of rotatable bonds is 5. The van der Waals surface area contributed by atoms with Crippen LogP contribution in [0.15, 0.2) is 40.8 Å². The number of nitrogens with one attached hydrogen (secondary N) is 1. The van der Waals surface area contributed by atoms with Gasteiger partial charge in [-0.15, -0.1) is 0 Å². The first kappa shape index (κ1) is 14.9. The molecule has 2 aromatic rings. The molecule has 4 heteroatoms. The average Bonchev–Trinajstić information content (AvgIpc) is 2.83. The molecule has 0 amide bonds. The molecule has 1 aromatic carbocycles. The smallest absolute Gasteiger partial charge is 0.146 e. The van der Waals surface area contributed by atoms with Gasteiger partial charge >= 0.3 is 0 Å². The summed E-state index contributed by atoms with van der Waals surface area (Å²) in [6.45, 7) is 7.50. The van der Waals surface area contributed by atoms with Gasteiger partial charge in [0, 0.05) is 10.6 Å². The van der Waals surface area contributed by atoms with Crippen LogP contribution in [0.3, 0.4) is 0 Å². The molecule has 0 saturated carbocycles. The van der Waals surface area contributed by atoms with Crippen molar-refractivity contribution in [2.24, 2.45) is 0 Å². The summed E-state index contributed by atoms with van der Waals surface area (Å²) in [4.78, 5) is 0. The topological polar surface area (TPSA) is 34.4 Å². The SMILES string of the molecule is CC(C)(C)NCc1ccc(COc2ccc(Cl)cc2)o1. The van der Waals surface area contributed by atoms with Gasteiger partial charge in [-0.25, -0.2) is 0 Å². The minimum Gasteiger partial charge on any atom is -0.486 e. The molecule has 1 aromatic heterocycles. The molecule has 2 rings (SSSR count). The summed E-state index contributed by atoms with van der Waals surface area (Å²) in [5.74, 6) is 2.50. The Balaban J connectivity index is 1.85. The highest BCUT2D eigenvalue weighted by atomic mass is 35.5. The van der Waals surface area contributed by atoms with E-state index in [1.807, 2.05) is 24.3 Å². The van der Waals surface area contributed by atoms with E-state index in [1.165, 1.54) is 0 Å². The van der Waals surface area contributed by atoms with Crippen molar-refractivity contribution >= 4 is 11.6 Å². The second-order valence-electron chi connectivity index (χ2n) is 5.71. The van der Waals surface area contributed by atoms with Crippen molar-refractivity contribution in [3.8, 4) is 5.75 Å². The third-order valence-electron chi connectivity index (χ3n) is 2.70. The summed E-state index contributed by atoms with van der Waals surface area (Å²) in [5, 5.41) is 4.08. The Morgan fingerprint density at radius 3 is 2.35 bits per heavy atom. The molecule has 0 aliphatic heterocycles. The predicted molar refractivity (Wildman–Crippen MR) is 81.1 cm³/mol. The Labute approximate surface area is 124 Å². The van der Waals surface area contributed by atoms with Gasteiger partial charge in [0.1, 0.15) is 23.9 Å².